The number of oxazole rings is 1. The Hall–Kier alpha value is -3.94. The zero-order valence-electron chi connectivity index (χ0n) is 18.9. The third-order valence-corrected chi connectivity index (χ3v) is 6.09. The number of hydrogen-bond donors (Lipinski definition) is 1. The maximum Gasteiger partial charge on any atom is 0.322 e. The largest absolute Gasteiger partial charge is 0.438 e. The Labute approximate surface area is 195 Å². The second-order valence-corrected chi connectivity index (χ2v) is 8.59. The highest BCUT2D eigenvalue weighted by molar-refractivity contribution is 5.90. The number of carbonyl (C=O) groups excluding carboxylic acids is 1. The molecular formula is C26H24F2N4O2. The molecule has 8 heteroatoms. The molecule has 1 saturated heterocycles. The fraction of sp³-hybridized carbons (Fsp3) is 0.231. The molecule has 1 atom stereocenters. The van der Waals surface area contributed by atoms with Crippen LogP contribution in [0.2, 0.25) is 0 Å². The SMILES string of the molecule is CN(C)c1ccc(-c2ccc3oc([C@@H]4CCCN4C(=O)Nc4ccc(F)c(F)c4)nc3c2)cc1. The van der Waals surface area contributed by atoms with Crippen molar-refractivity contribution in [3.8, 4) is 11.1 Å². The van der Waals surface area contributed by atoms with Gasteiger partial charge in [0, 0.05) is 38.1 Å². The van der Waals surface area contributed by atoms with Crippen molar-refractivity contribution in [1.82, 2.24) is 9.88 Å². The van der Waals surface area contributed by atoms with Crippen LogP contribution in [-0.4, -0.2) is 36.6 Å². The second kappa shape index (κ2) is 8.78. The lowest BCUT2D eigenvalue weighted by Gasteiger charge is -2.22. The van der Waals surface area contributed by atoms with Gasteiger partial charge in [0.25, 0.3) is 0 Å². The summed E-state index contributed by atoms with van der Waals surface area (Å²) in [5.74, 6) is -1.51. The molecule has 3 aromatic carbocycles. The summed E-state index contributed by atoms with van der Waals surface area (Å²) in [5.41, 5.74) is 4.78. The van der Waals surface area contributed by atoms with Crippen LogP contribution in [0.15, 0.2) is 65.1 Å². The molecular weight excluding hydrogens is 438 g/mol. The van der Waals surface area contributed by atoms with E-state index < -0.39 is 17.7 Å². The third kappa shape index (κ3) is 4.19. The molecule has 0 aliphatic carbocycles. The first-order chi connectivity index (χ1) is 16.4. The molecule has 1 fully saturated rings. The second-order valence-electron chi connectivity index (χ2n) is 8.59. The molecule has 0 unspecified atom stereocenters. The van der Waals surface area contributed by atoms with Crippen molar-refractivity contribution < 1.29 is 18.0 Å². The fourth-order valence-electron chi connectivity index (χ4n) is 4.26. The molecule has 4 aromatic rings. The van der Waals surface area contributed by atoms with Gasteiger partial charge in [-0.3, -0.25) is 0 Å². The van der Waals surface area contributed by atoms with Gasteiger partial charge in [0.1, 0.15) is 11.6 Å². The molecule has 1 aliphatic rings. The lowest BCUT2D eigenvalue weighted by molar-refractivity contribution is 0.199. The molecule has 2 amide bonds. The number of halogens is 2. The molecule has 5 rings (SSSR count). The Balaban J connectivity index is 1.37. The number of fused-ring (bicyclic) bond motifs is 1. The van der Waals surface area contributed by atoms with Crippen LogP contribution in [0, 0.1) is 11.6 Å². The topological polar surface area (TPSA) is 61.6 Å². The van der Waals surface area contributed by atoms with Crippen LogP contribution < -0.4 is 10.2 Å². The number of aromatic nitrogens is 1. The number of urea groups is 1. The molecule has 0 bridgehead atoms. The van der Waals surface area contributed by atoms with E-state index in [0.29, 0.717) is 24.4 Å². The molecule has 34 heavy (non-hydrogen) atoms. The van der Waals surface area contributed by atoms with Gasteiger partial charge in [0.15, 0.2) is 17.2 Å². The summed E-state index contributed by atoms with van der Waals surface area (Å²) in [6.07, 6.45) is 1.49. The van der Waals surface area contributed by atoms with Crippen LogP contribution in [0.4, 0.5) is 25.0 Å². The van der Waals surface area contributed by atoms with Gasteiger partial charge < -0.3 is 19.5 Å². The van der Waals surface area contributed by atoms with E-state index in [1.165, 1.54) is 6.07 Å². The van der Waals surface area contributed by atoms with Gasteiger partial charge in [-0.25, -0.2) is 18.6 Å². The molecule has 0 saturated carbocycles. The average molecular weight is 463 g/mol. The number of anilines is 2. The fourth-order valence-corrected chi connectivity index (χ4v) is 4.26. The highest BCUT2D eigenvalue weighted by Crippen LogP contribution is 2.35. The molecule has 6 nitrogen and oxygen atoms in total. The lowest BCUT2D eigenvalue weighted by atomic mass is 10.0. The van der Waals surface area contributed by atoms with Gasteiger partial charge in [-0.15, -0.1) is 0 Å². The Bertz CT molecular complexity index is 1350. The van der Waals surface area contributed by atoms with E-state index in [0.717, 1.165) is 40.9 Å². The molecule has 1 aromatic heterocycles. The number of nitrogens with one attached hydrogen (secondary N) is 1. The van der Waals surface area contributed by atoms with E-state index in [4.69, 9.17) is 4.42 Å². The van der Waals surface area contributed by atoms with Crippen LogP contribution in [-0.2, 0) is 0 Å². The summed E-state index contributed by atoms with van der Waals surface area (Å²) in [4.78, 5) is 21.2. The number of nitrogens with zero attached hydrogens (tertiary/aromatic N) is 3. The highest BCUT2D eigenvalue weighted by Gasteiger charge is 2.33. The van der Waals surface area contributed by atoms with Gasteiger partial charge in [-0.2, -0.15) is 0 Å². The van der Waals surface area contributed by atoms with Crippen LogP contribution in [0.25, 0.3) is 22.2 Å². The van der Waals surface area contributed by atoms with Crippen molar-refractivity contribution in [3.63, 3.8) is 0 Å². The Kier molecular flexibility index (Phi) is 5.65. The Morgan fingerprint density at radius 2 is 1.79 bits per heavy atom. The lowest BCUT2D eigenvalue weighted by Crippen LogP contribution is -2.34. The van der Waals surface area contributed by atoms with Crippen molar-refractivity contribution in [2.24, 2.45) is 0 Å². The van der Waals surface area contributed by atoms with E-state index in [2.05, 4.69) is 34.6 Å². The van der Waals surface area contributed by atoms with Crippen molar-refractivity contribution in [1.29, 1.82) is 0 Å². The van der Waals surface area contributed by atoms with Gasteiger partial charge in [-0.1, -0.05) is 18.2 Å². The Morgan fingerprint density at radius 1 is 1.03 bits per heavy atom. The molecule has 1 aliphatic heterocycles. The van der Waals surface area contributed by atoms with E-state index in [-0.39, 0.29) is 11.7 Å². The monoisotopic (exact) mass is 462 g/mol. The third-order valence-electron chi connectivity index (χ3n) is 6.09. The van der Waals surface area contributed by atoms with Gasteiger partial charge in [0.2, 0.25) is 5.89 Å². The predicted molar refractivity (Wildman–Crippen MR) is 128 cm³/mol. The number of benzene rings is 3. The summed E-state index contributed by atoms with van der Waals surface area (Å²) < 4.78 is 32.7. The highest BCUT2D eigenvalue weighted by atomic mass is 19.2. The normalized spacial score (nSPS) is 15.6. The minimum absolute atomic E-state index is 0.192. The summed E-state index contributed by atoms with van der Waals surface area (Å²) >= 11 is 0. The minimum atomic E-state index is -1.01. The van der Waals surface area contributed by atoms with Crippen LogP contribution >= 0.6 is 0 Å². The molecule has 1 N–H and O–H groups in total. The van der Waals surface area contributed by atoms with Crippen molar-refractivity contribution in [2.75, 3.05) is 30.9 Å². The van der Waals surface area contributed by atoms with Gasteiger partial charge in [0.05, 0.1) is 0 Å². The molecule has 0 radical (unpaired) electrons. The first-order valence-corrected chi connectivity index (χ1v) is 11.1. The van der Waals surface area contributed by atoms with E-state index in [1.807, 2.05) is 37.2 Å². The van der Waals surface area contributed by atoms with Crippen LogP contribution in [0.1, 0.15) is 24.8 Å². The minimum Gasteiger partial charge on any atom is -0.438 e. The number of carbonyl (C=O) groups is 1. The molecule has 174 valence electrons. The zero-order chi connectivity index (χ0) is 23.8. The standard InChI is InChI=1S/C26H24F2N4O2/c1-31(2)19-9-5-16(6-10-19)17-7-12-24-22(14-17)30-25(34-24)23-4-3-13-32(23)26(33)29-18-8-11-20(27)21(28)15-18/h5-12,14-15,23H,3-4,13H2,1-2H3,(H,29,33)/t23-/m0/s1. The van der Waals surface area contributed by atoms with E-state index in [9.17, 15) is 13.6 Å². The summed E-state index contributed by atoms with van der Waals surface area (Å²) in [7, 11) is 4.00. The first kappa shape index (κ1) is 21.9. The zero-order valence-corrected chi connectivity index (χ0v) is 18.9. The van der Waals surface area contributed by atoms with Gasteiger partial charge >= 0.3 is 6.03 Å². The quantitative estimate of drug-likeness (QED) is 0.392. The van der Waals surface area contributed by atoms with Gasteiger partial charge in [-0.05, 0) is 60.4 Å². The maximum absolute atomic E-state index is 13.5. The van der Waals surface area contributed by atoms with Crippen LogP contribution in [0.5, 0.6) is 0 Å². The number of amides is 2. The number of rotatable bonds is 4. The first-order valence-electron chi connectivity index (χ1n) is 11.1. The predicted octanol–water partition coefficient (Wildman–Crippen LogP) is 6.21. The summed E-state index contributed by atoms with van der Waals surface area (Å²) in [5, 5.41) is 2.64. The van der Waals surface area contributed by atoms with Crippen LogP contribution in [0.3, 0.4) is 0 Å². The smallest absolute Gasteiger partial charge is 0.322 e. The Morgan fingerprint density at radius 3 is 2.53 bits per heavy atom. The van der Waals surface area contributed by atoms with Crippen molar-refractivity contribution >= 4 is 28.5 Å². The number of hydrogen-bond acceptors (Lipinski definition) is 4. The van der Waals surface area contributed by atoms with Crippen molar-refractivity contribution in [3.05, 3.63) is 78.2 Å². The maximum atomic E-state index is 13.5. The average Bonchev–Trinajstić information content (AvgIpc) is 3.48. The molecule has 2 heterocycles. The summed E-state index contributed by atoms with van der Waals surface area (Å²) in [6.45, 7) is 0.516. The summed E-state index contributed by atoms with van der Waals surface area (Å²) in [6, 6.07) is 16.7. The molecule has 0 spiro atoms. The van der Waals surface area contributed by atoms with E-state index >= 15 is 0 Å². The van der Waals surface area contributed by atoms with Crippen molar-refractivity contribution in [2.45, 2.75) is 18.9 Å². The number of likely N-dealkylation sites (tertiary alicyclic amines) is 1. The van der Waals surface area contributed by atoms with E-state index in [1.54, 1.807) is 4.90 Å².